The van der Waals surface area contributed by atoms with Crippen LogP contribution in [0, 0.1) is 0 Å². The molecular weight excluding hydrogens is 296 g/mol. The third-order valence-corrected chi connectivity index (χ3v) is 4.27. The Kier molecular flexibility index (Phi) is 3.30. The molecule has 0 aliphatic carbocycles. The van der Waals surface area contributed by atoms with Crippen LogP contribution in [0.15, 0.2) is 77.9 Å². The van der Waals surface area contributed by atoms with Crippen molar-refractivity contribution in [2.24, 2.45) is 5.11 Å². The predicted octanol–water partition coefficient (Wildman–Crippen LogP) is 6.18. The highest BCUT2D eigenvalue weighted by Gasteiger charge is 2.14. The van der Waals surface area contributed by atoms with Crippen LogP contribution in [0.25, 0.3) is 43.1 Å². The van der Waals surface area contributed by atoms with Crippen LogP contribution in [0.4, 0.5) is 11.4 Å². The molecule has 0 heterocycles. The molecule has 0 unspecified atom stereocenters. The molecule has 0 saturated carbocycles. The van der Waals surface area contributed by atoms with Gasteiger partial charge in [0, 0.05) is 27.4 Å². The summed E-state index contributed by atoms with van der Waals surface area (Å²) >= 11 is 0. The molecule has 0 atom stereocenters. The average molecular weight is 310 g/mol. The minimum atomic E-state index is 0.583. The molecule has 0 aliphatic rings. The number of anilines is 1. The molecule has 0 saturated heterocycles. The van der Waals surface area contributed by atoms with Gasteiger partial charge < -0.3 is 5.73 Å². The summed E-state index contributed by atoms with van der Waals surface area (Å²) in [6, 6.07) is 23.8. The van der Waals surface area contributed by atoms with Gasteiger partial charge in [-0.15, -0.1) is 0 Å². The van der Waals surface area contributed by atoms with Crippen molar-refractivity contribution in [3.63, 3.8) is 0 Å². The number of benzene rings is 4. The van der Waals surface area contributed by atoms with Gasteiger partial charge in [0.15, 0.2) is 0 Å². The van der Waals surface area contributed by atoms with E-state index in [1.165, 1.54) is 0 Å². The molecule has 4 aromatic carbocycles. The summed E-state index contributed by atoms with van der Waals surface area (Å²) in [6.07, 6.45) is 0. The largest absolute Gasteiger partial charge is 0.398 e. The van der Waals surface area contributed by atoms with E-state index >= 15 is 0 Å². The van der Waals surface area contributed by atoms with Gasteiger partial charge in [0.05, 0.1) is 0 Å². The highest BCUT2D eigenvalue weighted by Crippen LogP contribution is 2.43. The molecule has 4 nitrogen and oxygen atoms in total. The molecule has 0 spiro atoms. The Balaban J connectivity index is 2.23. The first kappa shape index (κ1) is 14.1. The van der Waals surface area contributed by atoms with Crippen molar-refractivity contribution in [3.05, 3.63) is 83.2 Å². The Bertz CT molecular complexity index is 1120. The standard InChI is InChI=1S/C20H14N4/c21-17-11-9-13-5-1-3-7-15(13)19(17)20-16-8-4-2-6-14(16)10-12-18(20)23-24-22/h1-12H,21H2. The first-order chi connectivity index (χ1) is 11.8. The third kappa shape index (κ3) is 2.14. The summed E-state index contributed by atoms with van der Waals surface area (Å²) in [5, 5.41) is 8.15. The molecule has 0 aromatic heterocycles. The van der Waals surface area contributed by atoms with E-state index in [1.54, 1.807) is 0 Å². The van der Waals surface area contributed by atoms with Gasteiger partial charge in [-0.05, 0) is 33.1 Å². The zero-order valence-corrected chi connectivity index (χ0v) is 12.8. The van der Waals surface area contributed by atoms with Crippen LogP contribution in [-0.2, 0) is 0 Å². The lowest BCUT2D eigenvalue weighted by Crippen LogP contribution is -1.93. The SMILES string of the molecule is [N-]=[N+]=Nc1ccc2ccccc2c1-c1c(N)ccc2ccccc12. The van der Waals surface area contributed by atoms with Gasteiger partial charge in [0.1, 0.15) is 0 Å². The van der Waals surface area contributed by atoms with Gasteiger partial charge in [-0.2, -0.15) is 0 Å². The maximum atomic E-state index is 8.97. The number of azide groups is 1. The Morgan fingerprint density at radius 2 is 1.29 bits per heavy atom. The smallest absolute Gasteiger partial charge is 0.0461 e. The minimum absolute atomic E-state index is 0.583. The third-order valence-electron chi connectivity index (χ3n) is 4.27. The van der Waals surface area contributed by atoms with Gasteiger partial charge in [-0.25, -0.2) is 0 Å². The zero-order valence-electron chi connectivity index (χ0n) is 12.8. The van der Waals surface area contributed by atoms with Crippen molar-refractivity contribution >= 4 is 32.9 Å². The lowest BCUT2D eigenvalue weighted by molar-refractivity contribution is 1.49. The van der Waals surface area contributed by atoms with E-state index in [0.717, 1.165) is 32.7 Å². The van der Waals surface area contributed by atoms with E-state index in [9.17, 15) is 0 Å². The molecule has 114 valence electrons. The van der Waals surface area contributed by atoms with E-state index in [4.69, 9.17) is 11.3 Å². The zero-order chi connectivity index (χ0) is 16.5. The Labute approximate surface area is 138 Å². The second kappa shape index (κ2) is 5.61. The van der Waals surface area contributed by atoms with Crippen LogP contribution in [-0.4, -0.2) is 0 Å². The van der Waals surface area contributed by atoms with Gasteiger partial charge in [-0.3, -0.25) is 0 Å². The molecule has 0 aliphatic heterocycles. The van der Waals surface area contributed by atoms with Crippen LogP contribution in [0.2, 0.25) is 0 Å². The molecule has 4 rings (SSSR count). The summed E-state index contributed by atoms with van der Waals surface area (Å²) in [6.45, 7) is 0. The minimum Gasteiger partial charge on any atom is -0.398 e. The second-order valence-corrected chi connectivity index (χ2v) is 5.62. The highest BCUT2D eigenvalue weighted by atomic mass is 15.1. The molecule has 4 heteroatoms. The van der Waals surface area contributed by atoms with E-state index < -0.39 is 0 Å². The quantitative estimate of drug-likeness (QED) is 0.204. The van der Waals surface area contributed by atoms with Crippen molar-refractivity contribution in [1.82, 2.24) is 0 Å². The van der Waals surface area contributed by atoms with Crippen LogP contribution in [0.5, 0.6) is 0 Å². The Morgan fingerprint density at radius 3 is 1.96 bits per heavy atom. The maximum absolute atomic E-state index is 8.97. The maximum Gasteiger partial charge on any atom is 0.0461 e. The van der Waals surface area contributed by atoms with Gasteiger partial charge >= 0.3 is 0 Å². The summed E-state index contributed by atoms with van der Waals surface area (Å²) in [4.78, 5) is 2.99. The van der Waals surface area contributed by atoms with Crippen molar-refractivity contribution in [2.75, 3.05) is 5.73 Å². The van der Waals surface area contributed by atoms with Crippen LogP contribution < -0.4 is 5.73 Å². The fourth-order valence-corrected chi connectivity index (χ4v) is 3.22. The highest BCUT2D eigenvalue weighted by molar-refractivity contribution is 6.12. The average Bonchev–Trinajstić information content (AvgIpc) is 2.62. The van der Waals surface area contributed by atoms with Crippen LogP contribution in [0.3, 0.4) is 0 Å². The van der Waals surface area contributed by atoms with E-state index in [0.29, 0.717) is 11.4 Å². The fourth-order valence-electron chi connectivity index (χ4n) is 3.22. The summed E-state index contributed by atoms with van der Waals surface area (Å²) in [5.41, 5.74) is 18.3. The topological polar surface area (TPSA) is 74.8 Å². The lowest BCUT2D eigenvalue weighted by Gasteiger charge is -2.15. The number of hydrogen-bond acceptors (Lipinski definition) is 2. The molecular formula is C20H14N4. The number of rotatable bonds is 2. The fraction of sp³-hybridized carbons (Fsp3) is 0. The van der Waals surface area contributed by atoms with Crippen molar-refractivity contribution < 1.29 is 0 Å². The number of nitrogens with two attached hydrogens (primary N) is 1. The van der Waals surface area contributed by atoms with Crippen molar-refractivity contribution in [2.45, 2.75) is 0 Å². The molecule has 2 N–H and O–H groups in total. The lowest BCUT2D eigenvalue weighted by atomic mass is 9.91. The second-order valence-electron chi connectivity index (χ2n) is 5.62. The van der Waals surface area contributed by atoms with Crippen LogP contribution in [0.1, 0.15) is 0 Å². The van der Waals surface area contributed by atoms with Gasteiger partial charge in [-0.1, -0.05) is 71.8 Å². The predicted molar refractivity (Wildman–Crippen MR) is 100 cm³/mol. The van der Waals surface area contributed by atoms with Crippen molar-refractivity contribution in [1.29, 1.82) is 0 Å². The molecule has 4 aromatic rings. The summed E-state index contributed by atoms with van der Waals surface area (Å²) in [5.74, 6) is 0. The Morgan fingerprint density at radius 1 is 0.708 bits per heavy atom. The van der Waals surface area contributed by atoms with Gasteiger partial charge in [0.2, 0.25) is 0 Å². The summed E-state index contributed by atoms with van der Waals surface area (Å²) < 4.78 is 0. The Hall–Kier alpha value is -3.49. The van der Waals surface area contributed by atoms with E-state index in [1.807, 2.05) is 66.7 Å². The normalized spacial score (nSPS) is 10.7. The van der Waals surface area contributed by atoms with E-state index in [2.05, 4.69) is 16.1 Å². The number of nitrogens with zero attached hydrogens (tertiary/aromatic N) is 3. The number of nitrogen functional groups attached to an aromatic ring is 1. The first-order valence-electron chi connectivity index (χ1n) is 7.64. The van der Waals surface area contributed by atoms with Crippen molar-refractivity contribution in [3.8, 4) is 11.1 Å². The monoisotopic (exact) mass is 310 g/mol. The molecule has 0 radical (unpaired) electrons. The number of fused-ring (bicyclic) bond motifs is 2. The molecule has 0 bridgehead atoms. The molecule has 0 fully saturated rings. The number of hydrogen-bond donors (Lipinski definition) is 1. The van der Waals surface area contributed by atoms with Crippen LogP contribution >= 0.6 is 0 Å². The van der Waals surface area contributed by atoms with E-state index in [-0.39, 0.29) is 0 Å². The first-order valence-corrected chi connectivity index (χ1v) is 7.64. The molecule has 24 heavy (non-hydrogen) atoms. The summed E-state index contributed by atoms with van der Waals surface area (Å²) in [7, 11) is 0. The van der Waals surface area contributed by atoms with Gasteiger partial charge in [0.25, 0.3) is 0 Å². The molecule has 0 amide bonds.